The molecule has 1 rings (SSSR count). The van der Waals surface area contributed by atoms with Crippen LogP contribution in [0.2, 0.25) is 5.02 Å². The van der Waals surface area contributed by atoms with Crippen molar-refractivity contribution in [1.29, 1.82) is 0 Å². The van der Waals surface area contributed by atoms with Crippen molar-refractivity contribution in [1.82, 2.24) is 0 Å². The fourth-order valence-corrected chi connectivity index (χ4v) is 2.07. The Morgan fingerprint density at radius 1 is 1.73 bits per heavy atom. The number of aromatic carboxylic acids is 1. The van der Waals surface area contributed by atoms with Gasteiger partial charge >= 0.3 is 5.97 Å². The summed E-state index contributed by atoms with van der Waals surface area (Å²) in [6.45, 7) is 0. The number of carboxylic acid groups (broad SMARTS) is 1. The van der Waals surface area contributed by atoms with E-state index in [4.69, 9.17) is 16.7 Å². The fourth-order valence-electron chi connectivity index (χ4n) is 0.503. The molecule has 0 aromatic carbocycles. The van der Waals surface area contributed by atoms with Crippen LogP contribution in [0.25, 0.3) is 0 Å². The Balaban J connectivity index is 3.29. The highest BCUT2D eigenvalue weighted by Gasteiger charge is 2.19. The van der Waals surface area contributed by atoms with Crippen LogP contribution < -0.4 is 0 Å². The second kappa shape index (κ2) is 3.08. The fraction of sp³-hybridized carbons (Fsp3) is 0. The SMILES string of the molecule is O=C(O)c1sc(Br)c(Cl)c1F. The van der Waals surface area contributed by atoms with Crippen molar-refractivity contribution in [2.24, 2.45) is 0 Å². The Morgan fingerprint density at radius 3 is 2.45 bits per heavy atom. The number of carboxylic acids is 1. The number of halogens is 3. The summed E-state index contributed by atoms with van der Waals surface area (Å²) in [5.41, 5.74) is 0. The van der Waals surface area contributed by atoms with E-state index >= 15 is 0 Å². The van der Waals surface area contributed by atoms with Crippen molar-refractivity contribution in [2.45, 2.75) is 0 Å². The molecule has 60 valence electrons. The van der Waals surface area contributed by atoms with Gasteiger partial charge in [0.05, 0.1) is 3.79 Å². The average Bonchev–Trinajstić information content (AvgIpc) is 2.17. The van der Waals surface area contributed by atoms with Gasteiger partial charge in [-0.1, -0.05) is 11.6 Å². The van der Waals surface area contributed by atoms with Crippen LogP contribution in [0.3, 0.4) is 0 Å². The molecule has 0 aliphatic rings. The normalized spacial score (nSPS) is 10.1. The molecule has 1 aromatic rings. The Labute approximate surface area is 78.7 Å². The lowest BCUT2D eigenvalue weighted by molar-refractivity contribution is 0.0698. The van der Waals surface area contributed by atoms with Gasteiger partial charge in [0.15, 0.2) is 10.7 Å². The second-order valence-electron chi connectivity index (χ2n) is 1.64. The molecule has 0 saturated carbocycles. The summed E-state index contributed by atoms with van der Waals surface area (Å²) in [4.78, 5) is 9.90. The topological polar surface area (TPSA) is 37.3 Å². The van der Waals surface area contributed by atoms with Crippen LogP contribution in [-0.2, 0) is 0 Å². The summed E-state index contributed by atoms with van der Waals surface area (Å²) < 4.78 is 13.0. The maximum absolute atomic E-state index is 12.7. The van der Waals surface area contributed by atoms with Gasteiger partial charge in [-0.2, -0.15) is 0 Å². The molecule has 1 aromatic heterocycles. The summed E-state index contributed by atoms with van der Waals surface area (Å²) >= 11 is 9.05. The van der Waals surface area contributed by atoms with E-state index in [2.05, 4.69) is 15.9 Å². The molecule has 0 bridgehead atoms. The first-order chi connectivity index (χ1) is 5.04. The Morgan fingerprint density at radius 2 is 2.27 bits per heavy atom. The lowest BCUT2D eigenvalue weighted by atomic mass is 10.4. The Bertz CT molecular complexity index is 312. The zero-order valence-corrected chi connectivity index (χ0v) is 8.06. The van der Waals surface area contributed by atoms with Crippen molar-refractivity contribution in [2.75, 3.05) is 0 Å². The molecule has 2 nitrogen and oxygen atoms in total. The zero-order chi connectivity index (χ0) is 8.59. The molecule has 0 aliphatic carbocycles. The number of hydrogen-bond acceptors (Lipinski definition) is 2. The lowest BCUT2D eigenvalue weighted by Crippen LogP contribution is -1.94. The van der Waals surface area contributed by atoms with Crippen LogP contribution in [0.5, 0.6) is 0 Å². The molecule has 0 aliphatic heterocycles. The van der Waals surface area contributed by atoms with Crippen LogP contribution in [0.15, 0.2) is 3.79 Å². The molecular formula is C5HBrClFO2S. The van der Waals surface area contributed by atoms with Gasteiger partial charge in [-0.25, -0.2) is 9.18 Å². The molecule has 11 heavy (non-hydrogen) atoms. The summed E-state index contributed by atoms with van der Waals surface area (Å²) in [7, 11) is 0. The first kappa shape index (κ1) is 8.96. The van der Waals surface area contributed by atoms with Crippen molar-refractivity contribution in [3.05, 3.63) is 19.5 Å². The van der Waals surface area contributed by atoms with E-state index in [0.29, 0.717) is 3.79 Å². The van der Waals surface area contributed by atoms with Crippen molar-refractivity contribution < 1.29 is 14.3 Å². The Hall–Kier alpha value is -0.130. The van der Waals surface area contributed by atoms with E-state index in [1.54, 1.807) is 0 Å². The van der Waals surface area contributed by atoms with E-state index in [1.807, 2.05) is 0 Å². The quantitative estimate of drug-likeness (QED) is 0.842. The molecule has 6 heteroatoms. The summed E-state index contributed by atoms with van der Waals surface area (Å²) in [5, 5.41) is 8.22. The predicted octanol–water partition coefficient (Wildman–Crippen LogP) is 3.00. The van der Waals surface area contributed by atoms with Crippen molar-refractivity contribution in [3.8, 4) is 0 Å². The van der Waals surface area contributed by atoms with Crippen molar-refractivity contribution in [3.63, 3.8) is 0 Å². The van der Waals surface area contributed by atoms with Gasteiger partial charge in [0.2, 0.25) is 0 Å². The van der Waals surface area contributed by atoms with Gasteiger partial charge in [0.1, 0.15) is 5.02 Å². The molecule has 0 saturated heterocycles. The predicted molar refractivity (Wildman–Crippen MR) is 43.9 cm³/mol. The van der Waals surface area contributed by atoms with Gasteiger partial charge in [-0.15, -0.1) is 11.3 Å². The Kier molecular flexibility index (Phi) is 2.51. The number of carbonyl (C=O) groups is 1. The number of hydrogen-bond donors (Lipinski definition) is 1. The third kappa shape index (κ3) is 1.55. The maximum Gasteiger partial charge on any atom is 0.349 e. The van der Waals surface area contributed by atoms with E-state index in [9.17, 15) is 9.18 Å². The van der Waals surface area contributed by atoms with Crippen LogP contribution in [-0.4, -0.2) is 11.1 Å². The van der Waals surface area contributed by atoms with Crippen molar-refractivity contribution >= 4 is 44.8 Å². The average molecular weight is 259 g/mol. The highest BCUT2D eigenvalue weighted by molar-refractivity contribution is 9.11. The van der Waals surface area contributed by atoms with Gasteiger partial charge in [0.25, 0.3) is 0 Å². The second-order valence-corrected chi connectivity index (χ2v) is 4.35. The first-order valence-electron chi connectivity index (χ1n) is 2.40. The maximum atomic E-state index is 12.7. The smallest absolute Gasteiger partial charge is 0.349 e. The number of thiophene rings is 1. The van der Waals surface area contributed by atoms with E-state index < -0.39 is 11.8 Å². The highest BCUT2D eigenvalue weighted by Crippen LogP contribution is 2.35. The molecule has 0 atom stereocenters. The molecule has 0 amide bonds. The van der Waals surface area contributed by atoms with E-state index in [-0.39, 0.29) is 9.90 Å². The summed E-state index contributed by atoms with van der Waals surface area (Å²) in [6.07, 6.45) is 0. The molecule has 1 heterocycles. The number of rotatable bonds is 1. The molecule has 0 unspecified atom stereocenters. The van der Waals surface area contributed by atoms with Crippen LogP contribution in [0, 0.1) is 5.82 Å². The third-order valence-electron chi connectivity index (χ3n) is 0.951. The van der Waals surface area contributed by atoms with Gasteiger partial charge in [-0.3, -0.25) is 0 Å². The van der Waals surface area contributed by atoms with Crippen LogP contribution in [0.4, 0.5) is 4.39 Å². The van der Waals surface area contributed by atoms with Crippen LogP contribution in [0.1, 0.15) is 9.67 Å². The lowest BCUT2D eigenvalue weighted by Gasteiger charge is -1.84. The molecular weight excluding hydrogens is 258 g/mol. The molecule has 1 N–H and O–H groups in total. The van der Waals surface area contributed by atoms with Gasteiger partial charge in [-0.05, 0) is 15.9 Å². The minimum atomic E-state index is -1.31. The standard InChI is InChI=1S/C5HBrClFO2S/c6-4-1(7)2(8)3(11-4)5(9)10/h(H,9,10). The van der Waals surface area contributed by atoms with Gasteiger partial charge in [0, 0.05) is 0 Å². The molecule has 0 spiro atoms. The summed E-state index contributed by atoms with van der Waals surface area (Å²) in [5.74, 6) is -2.18. The molecule has 0 fully saturated rings. The van der Waals surface area contributed by atoms with Gasteiger partial charge < -0.3 is 5.11 Å². The first-order valence-corrected chi connectivity index (χ1v) is 4.39. The minimum Gasteiger partial charge on any atom is -0.477 e. The highest BCUT2D eigenvalue weighted by atomic mass is 79.9. The monoisotopic (exact) mass is 258 g/mol. The zero-order valence-electron chi connectivity index (χ0n) is 4.90. The van der Waals surface area contributed by atoms with E-state index in [0.717, 1.165) is 11.3 Å². The molecule has 0 radical (unpaired) electrons. The third-order valence-corrected chi connectivity index (χ3v) is 3.47. The van der Waals surface area contributed by atoms with Crippen LogP contribution >= 0.6 is 38.9 Å². The largest absolute Gasteiger partial charge is 0.477 e. The summed E-state index contributed by atoms with van der Waals surface area (Å²) in [6, 6.07) is 0. The van der Waals surface area contributed by atoms with E-state index in [1.165, 1.54) is 0 Å². The minimum absolute atomic E-state index is 0.174.